The first-order valence-electron chi connectivity index (χ1n) is 5.15. The molecule has 0 amide bonds. The van der Waals surface area contributed by atoms with Gasteiger partial charge in [0.05, 0.1) is 6.33 Å². The Balaban J connectivity index is 0.00000225. The van der Waals surface area contributed by atoms with Crippen LogP contribution in [0.4, 0.5) is 0 Å². The van der Waals surface area contributed by atoms with Gasteiger partial charge in [-0.25, -0.2) is 4.98 Å². The van der Waals surface area contributed by atoms with Crippen LogP contribution >= 0.6 is 24.0 Å². The molecule has 0 aliphatic carbocycles. The number of rotatable bonds is 4. The van der Waals surface area contributed by atoms with Crippen LogP contribution in [0.5, 0.6) is 0 Å². The first-order chi connectivity index (χ1) is 7.22. The number of nitrogens with one attached hydrogen (secondary N) is 2. The summed E-state index contributed by atoms with van der Waals surface area (Å²) in [5, 5.41) is 6.45. The molecule has 2 N–H and O–H groups in total. The van der Waals surface area contributed by atoms with Crippen LogP contribution < -0.4 is 10.6 Å². The zero-order chi connectivity index (χ0) is 11.1. The Kier molecular flexibility index (Phi) is 7.96. The third kappa shape index (κ3) is 5.94. The molecule has 0 saturated heterocycles. The lowest BCUT2D eigenvalue weighted by Crippen LogP contribution is -2.42. The molecular formula is C10H20IN5. The van der Waals surface area contributed by atoms with Gasteiger partial charge >= 0.3 is 0 Å². The molecule has 1 rings (SSSR count). The van der Waals surface area contributed by atoms with E-state index >= 15 is 0 Å². The predicted octanol–water partition coefficient (Wildman–Crippen LogP) is 1.07. The van der Waals surface area contributed by atoms with E-state index in [-0.39, 0.29) is 24.0 Å². The van der Waals surface area contributed by atoms with Crippen LogP contribution in [-0.2, 0) is 6.54 Å². The third-order valence-corrected chi connectivity index (χ3v) is 1.87. The van der Waals surface area contributed by atoms with Crippen molar-refractivity contribution in [3.63, 3.8) is 0 Å². The SMILES string of the molecule is CN=C(NCCn1ccnc1)NC(C)C.I. The van der Waals surface area contributed by atoms with Crippen LogP contribution in [0.15, 0.2) is 23.7 Å². The summed E-state index contributed by atoms with van der Waals surface area (Å²) in [4.78, 5) is 8.09. The molecule has 0 unspecified atom stereocenters. The van der Waals surface area contributed by atoms with Gasteiger partial charge < -0.3 is 15.2 Å². The second-order valence-corrected chi connectivity index (χ2v) is 3.60. The second-order valence-electron chi connectivity index (χ2n) is 3.60. The number of nitrogens with zero attached hydrogens (tertiary/aromatic N) is 3. The zero-order valence-corrected chi connectivity index (χ0v) is 12.3. The summed E-state index contributed by atoms with van der Waals surface area (Å²) in [6.45, 7) is 5.90. The summed E-state index contributed by atoms with van der Waals surface area (Å²) in [6.07, 6.45) is 5.53. The lowest BCUT2D eigenvalue weighted by Gasteiger charge is -2.14. The molecular weight excluding hydrogens is 317 g/mol. The highest BCUT2D eigenvalue weighted by Gasteiger charge is 1.98. The number of imidazole rings is 1. The van der Waals surface area contributed by atoms with E-state index in [9.17, 15) is 0 Å². The summed E-state index contributed by atoms with van der Waals surface area (Å²) in [5.41, 5.74) is 0. The smallest absolute Gasteiger partial charge is 0.191 e. The minimum Gasteiger partial charge on any atom is -0.355 e. The fourth-order valence-corrected chi connectivity index (χ4v) is 1.19. The van der Waals surface area contributed by atoms with Crippen LogP contribution in [0.3, 0.4) is 0 Å². The van der Waals surface area contributed by atoms with Crippen LogP contribution in [0, 0.1) is 0 Å². The fourth-order valence-electron chi connectivity index (χ4n) is 1.19. The number of hydrogen-bond donors (Lipinski definition) is 2. The summed E-state index contributed by atoms with van der Waals surface area (Å²) in [6, 6.07) is 0.393. The minimum absolute atomic E-state index is 0. The largest absolute Gasteiger partial charge is 0.355 e. The van der Waals surface area contributed by atoms with Gasteiger partial charge in [0.2, 0.25) is 0 Å². The number of guanidine groups is 1. The monoisotopic (exact) mass is 337 g/mol. The van der Waals surface area contributed by atoms with Crippen molar-refractivity contribution < 1.29 is 0 Å². The van der Waals surface area contributed by atoms with Crippen molar-refractivity contribution in [2.75, 3.05) is 13.6 Å². The molecule has 1 aromatic rings. The molecule has 0 spiro atoms. The summed E-state index contributed by atoms with van der Waals surface area (Å²) < 4.78 is 2.02. The highest BCUT2D eigenvalue weighted by Crippen LogP contribution is 1.84. The van der Waals surface area contributed by atoms with E-state index in [4.69, 9.17) is 0 Å². The molecule has 0 fully saturated rings. The molecule has 1 aromatic heterocycles. The number of halogens is 1. The molecule has 1 heterocycles. The van der Waals surface area contributed by atoms with E-state index in [1.165, 1.54) is 0 Å². The molecule has 0 aliphatic heterocycles. The summed E-state index contributed by atoms with van der Waals surface area (Å²) in [7, 11) is 1.77. The van der Waals surface area contributed by atoms with Gasteiger partial charge in [0, 0.05) is 38.6 Å². The van der Waals surface area contributed by atoms with Crippen molar-refractivity contribution in [3.8, 4) is 0 Å². The van der Waals surface area contributed by atoms with Gasteiger partial charge in [0.25, 0.3) is 0 Å². The lowest BCUT2D eigenvalue weighted by atomic mass is 10.4. The molecule has 0 saturated carbocycles. The Hall–Kier alpha value is -0.790. The first-order valence-corrected chi connectivity index (χ1v) is 5.15. The van der Waals surface area contributed by atoms with Crippen LogP contribution in [-0.4, -0.2) is 35.1 Å². The average molecular weight is 337 g/mol. The molecule has 0 bridgehead atoms. The molecule has 0 aliphatic rings. The number of aliphatic imine (C=N–C) groups is 1. The molecule has 92 valence electrons. The molecule has 0 radical (unpaired) electrons. The maximum Gasteiger partial charge on any atom is 0.191 e. The molecule has 0 atom stereocenters. The predicted molar refractivity (Wildman–Crippen MR) is 77.3 cm³/mol. The van der Waals surface area contributed by atoms with Gasteiger partial charge in [0.15, 0.2) is 5.96 Å². The second kappa shape index (κ2) is 8.37. The highest BCUT2D eigenvalue weighted by atomic mass is 127. The van der Waals surface area contributed by atoms with E-state index in [0.29, 0.717) is 6.04 Å². The van der Waals surface area contributed by atoms with Gasteiger partial charge in [-0.05, 0) is 13.8 Å². The third-order valence-electron chi connectivity index (χ3n) is 1.87. The van der Waals surface area contributed by atoms with E-state index in [1.54, 1.807) is 19.6 Å². The van der Waals surface area contributed by atoms with Crippen LogP contribution in [0.1, 0.15) is 13.8 Å². The zero-order valence-electron chi connectivity index (χ0n) is 9.97. The molecule has 6 heteroatoms. The Bertz CT molecular complexity index is 294. The topological polar surface area (TPSA) is 54.2 Å². The highest BCUT2D eigenvalue weighted by molar-refractivity contribution is 14.0. The lowest BCUT2D eigenvalue weighted by molar-refractivity contribution is 0.645. The molecule has 16 heavy (non-hydrogen) atoms. The summed E-state index contributed by atoms with van der Waals surface area (Å²) >= 11 is 0. The van der Waals surface area contributed by atoms with Crippen molar-refractivity contribution >= 4 is 29.9 Å². The van der Waals surface area contributed by atoms with Crippen molar-refractivity contribution in [2.24, 2.45) is 4.99 Å². The maximum atomic E-state index is 4.12. The Morgan fingerprint density at radius 3 is 2.75 bits per heavy atom. The number of hydrogen-bond acceptors (Lipinski definition) is 2. The van der Waals surface area contributed by atoms with E-state index in [1.807, 2.05) is 10.8 Å². The van der Waals surface area contributed by atoms with Crippen LogP contribution in [0.2, 0.25) is 0 Å². The maximum absolute atomic E-state index is 4.12. The number of aromatic nitrogens is 2. The summed E-state index contributed by atoms with van der Waals surface area (Å²) in [5.74, 6) is 0.838. The standard InChI is InChI=1S/C10H19N5.HI/c1-9(2)14-10(11-3)13-5-7-15-6-4-12-8-15;/h4,6,8-9H,5,7H2,1-3H3,(H2,11,13,14);1H. The van der Waals surface area contributed by atoms with Crippen molar-refractivity contribution in [2.45, 2.75) is 26.4 Å². The Morgan fingerprint density at radius 2 is 2.25 bits per heavy atom. The quantitative estimate of drug-likeness (QED) is 0.491. The van der Waals surface area contributed by atoms with Gasteiger partial charge in [-0.1, -0.05) is 0 Å². The van der Waals surface area contributed by atoms with Gasteiger partial charge in [-0.15, -0.1) is 24.0 Å². The first kappa shape index (κ1) is 15.2. The van der Waals surface area contributed by atoms with E-state index < -0.39 is 0 Å². The van der Waals surface area contributed by atoms with Crippen molar-refractivity contribution in [1.82, 2.24) is 20.2 Å². The normalized spacial score (nSPS) is 11.1. The molecule has 0 aromatic carbocycles. The Labute approximate surface area is 114 Å². The fraction of sp³-hybridized carbons (Fsp3) is 0.600. The van der Waals surface area contributed by atoms with E-state index in [2.05, 4.69) is 34.5 Å². The average Bonchev–Trinajstić information content (AvgIpc) is 2.68. The minimum atomic E-state index is 0. The molecule has 5 nitrogen and oxygen atoms in total. The van der Waals surface area contributed by atoms with E-state index in [0.717, 1.165) is 19.0 Å². The van der Waals surface area contributed by atoms with Gasteiger partial charge in [0.1, 0.15) is 0 Å². The van der Waals surface area contributed by atoms with Crippen molar-refractivity contribution in [1.29, 1.82) is 0 Å². The van der Waals surface area contributed by atoms with Gasteiger partial charge in [-0.2, -0.15) is 0 Å². The Morgan fingerprint density at radius 1 is 1.50 bits per heavy atom. The van der Waals surface area contributed by atoms with Crippen LogP contribution in [0.25, 0.3) is 0 Å². The van der Waals surface area contributed by atoms with Crippen molar-refractivity contribution in [3.05, 3.63) is 18.7 Å². The van der Waals surface area contributed by atoms with Gasteiger partial charge in [-0.3, -0.25) is 4.99 Å².